The van der Waals surface area contributed by atoms with Gasteiger partial charge >= 0.3 is 0 Å². The lowest BCUT2D eigenvalue weighted by Crippen LogP contribution is -2.16. The number of carbonyl (C=O) groups excluding carboxylic acids is 1. The number of aromatic nitrogens is 1. The normalized spacial score (nSPS) is 11.1. The summed E-state index contributed by atoms with van der Waals surface area (Å²) in [5, 5.41) is 7.38. The summed E-state index contributed by atoms with van der Waals surface area (Å²) in [6.45, 7) is 0. The Morgan fingerprint density at radius 2 is 2.00 bits per heavy atom. The first kappa shape index (κ1) is 14.9. The zero-order valence-corrected chi connectivity index (χ0v) is 11.4. The van der Waals surface area contributed by atoms with E-state index in [0.717, 1.165) is 12.3 Å². The number of anilines is 2. The van der Waals surface area contributed by atoms with Crippen LogP contribution in [0.5, 0.6) is 0 Å². The predicted octanol–water partition coefficient (Wildman–Crippen LogP) is 0.703. The topological polar surface area (TPSA) is 128 Å². The second kappa shape index (κ2) is 5.46. The fourth-order valence-electron chi connectivity index (χ4n) is 1.58. The molecule has 0 aliphatic heterocycles. The highest BCUT2D eigenvalue weighted by molar-refractivity contribution is 7.89. The minimum Gasteiger partial charge on any atom is -0.383 e. The van der Waals surface area contributed by atoms with E-state index in [1.807, 2.05) is 0 Å². The summed E-state index contributed by atoms with van der Waals surface area (Å²) in [6.07, 6.45) is 0.883. The molecule has 0 radical (unpaired) electrons. The Morgan fingerprint density at radius 1 is 1.29 bits per heavy atom. The summed E-state index contributed by atoms with van der Waals surface area (Å²) in [5.41, 5.74) is 5.51. The summed E-state index contributed by atoms with van der Waals surface area (Å²) in [6, 6.07) is 6.25. The van der Waals surface area contributed by atoms with Gasteiger partial charge in [0.05, 0.1) is 16.7 Å². The average Bonchev–Trinajstić information content (AvgIpc) is 2.41. The van der Waals surface area contributed by atoms with E-state index < -0.39 is 21.7 Å². The Morgan fingerprint density at radius 3 is 2.67 bits per heavy atom. The van der Waals surface area contributed by atoms with Crippen molar-refractivity contribution < 1.29 is 17.6 Å². The van der Waals surface area contributed by atoms with E-state index in [1.165, 1.54) is 24.3 Å². The van der Waals surface area contributed by atoms with E-state index in [1.54, 1.807) is 0 Å². The molecule has 0 atom stereocenters. The minimum absolute atomic E-state index is 0.142. The molecule has 2 rings (SSSR count). The fraction of sp³-hybridized carbons (Fsp3) is 0. The summed E-state index contributed by atoms with van der Waals surface area (Å²) in [5.74, 6) is -1.57. The molecule has 21 heavy (non-hydrogen) atoms. The largest absolute Gasteiger partial charge is 0.383 e. The average molecular weight is 310 g/mol. The summed E-state index contributed by atoms with van der Waals surface area (Å²) in [4.78, 5) is 15.3. The number of primary sulfonamides is 1. The van der Waals surface area contributed by atoms with Gasteiger partial charge in [0.15, 0.2) is 0 Å². The van der Waals surface area contributed by atoms with Crippen LogP contribution < -0.4 is 16.2 Å². The minimum atomic E-state index is -3.89. The van der Waals surface area contributed by atoms with Crippen LogP contribution in [-0.2, 0) is 10.0 Å². The zero-order chi connectivity index (χ0) is 15.6. The number of carbonyl (C=O) groups is 1. The number of rotatable bonds is 3. The lowest BCUT2D eigenvalue weighted by Gasteiger charge is -2.08. The third-order valence-corrected chi connectivity index (χ3v) is 3.46. The quantitative estimate of drug-likeness (QED) is 0.768. The molecule has 0 aliphatic carbocycles. The molecule has 0 bridgehead atoms. The van der Waals surface area contributed by atoms with Gasteiger partial charge in [0.25, 0.3) is 5.91 Å². The number of benzene rings is 1. The van der Waals surface area contributed by atoms with Gasteiger partial charge in [0.2, 0.25) is 10.0 Å². The predicted molar refractivity (Wildman–Crippen MR) is 74.4 cm³/mol. The molecule has 0 fully saturated rings. The molecule has 2 aromatic rings. The Balaban J connectivity index is 2.30. The molecular weight excluding hydrogens is 299 g/mol. The Hall–Kier alpha value is -2.52. The summed E-state index contributed by atoms with van der Waals surface area (Å²) >= 11 is 0. The monoisotopic (exact) mass is 310 g/mol. The van der Waals surface area contributed by atoms with Crippen LogP contribution in [0.4, 0.5) is 15.9 Å². The number of halogens is 1. The van der Waals surface area contributed by atoms with Crippen LogP contribution in [0.1, 0.15) is 10.4 Å². The summed E-state index contributed by atoms with van der Waals surface area (Å²) in [7, 11) is -3.89. The Bertz CT molecular complexity index is 808. The van der Waals surface area contributed by atoms with Gasteiger partial charge in [-0.15, -0.1) is 0 Å². The Labute approximate surface area is 119 Å². The molecule has 1 aromatic carbocycles. The maximum Gasteiger partial charge on any atom is 0.259 e. The van der Waals surface area contributed by atoms with E-state index in [2.05, 4.69) is 10.3 Å². The lowest BCUT2D eigenvalue weighted by molar-refractivity contribution is 0.102. The van der Waals surface area contributed by atoms with Crippen molar-refractivity contribution in [2.45, 2.75) is 4.90 Å². The van der Waals surface area contributed by atoms with Crippen molar-refractivity contribution in [3.8, 4) is 0 Å². The first-order valence-electron chi connectivity index (χ1n) is 5.62. The van der Waals surface area contributed by atoms with Crippen molar-refractivity contribution in [3.63, 3.8) is 0 Å². The van der Waals surface area contributed by atoms with Crippen LogP contribution in [0.2, 0.25) is 0 Å². The molecule has 9 heteroatoms. The second-order valence-electron chi connectivity index (χ2n) is 4.11. The maximum absolute atomic E-state index is 13.1. The van der Waals surface area contributed by atoms with Gasteiger partial charge < -0.3 is 11.1 Å². The van der Waals surface area contributed by atoms with Crippen molar-refractivity contribution >= 4 is 27.4 Å². The first-order chi connectivity index (χ1) is 9.77. The molecule has 0 aliphatic rings. The van der Waals surface area contributed by atoms with Crippen molar-refractivity contribution in [3.05, 3.63) is 47.9 Å². The Kier molecular flexibility index (Phi) is 3.87. The van der Waals surface area contributed by atoms with Gasteiger partial charge in [0.1, 0.15) is 11.6 Å². The van der Waals surface area contributed by atoms with Crippen LogP contribution in [0.25, 0.3) is 0 Å². The molecule has 7 nitrogen and oxygen atoms in total. The SMILES string of the molecule is Nc1ncc(F)cc1C(=O)Nc1cccc(S(N)(=O)=O)c1. The van der Waals surface area contributed by atoms with Crippen LogP contribution in [-0.4, -0.2) is 19.3 Å². The maximum atomic E-state index is 13.1. The first-order valence-corrected chi connectivity index (χ1v) is 7.17. The van der Waals surface area contributed by atoms with Gasteiger partial charge in [-0.25, -0.2) is 22.9 Å². The van der Waals surface area contributed by atoms with Crippen molar-refractivity contribution in [2.75, 3.05) is 11.1 Å². The number of sulfonamides is 1. The third kappa shape index (κ3) is 3.52. The molecule has 0 spiro atoms. The smallest absolute Gasteiger partial charge is 0.259 e. The van der Waals surface area contributed by atoms with Crippen molar-refractivity contribution in [1.82, 2.24) is 4.98 Å². The number of hydrogen-bond donors (Lipinski definition) is 3. The van der Waals surface area contributed by atoms with Gasteiger partial charge in [-0.05, 0) is 24.3 Å². The summed E-state index contributed by atoms with van der Waals surface area (Å²) < 4.78 is 35.5. The molecule has 5 N–H and O–H groups in total. The lowest BCUT2D eigenvalue weighted by atomic mass is 10.2. The standard InChI is InChI=1S/C12H11FN4O3S/c13-7-4-10(11(14)16-6-7)12(18)17-8-2-1-3-9(5-8)21(15,19)20/h1-6H,(H2,14,16)(H,17,18)(H2,15,19,20). The zero-order valence-electron chi connectivity index (χ0n) is 10.6. The molecule has 0 unspecified atom stereocenters. The fourth-order valence-corrected chi connectivity index (χ4v) is 2.14. The van der Waals surface area contributed by atoms with Crippen LogP contribution in [0.15, 0.2) is 41.4 Å². The second-order valence-corrected chi connectivity index (χ2v) is 5.67. The number of nitrogen functional groups attached to an aromatic ring is 1. The highest BCUT2D eigenvalue weighted by Gasteiger charge is 2.14. The number of nitrogens with zero attached hydrogens (tertiary/aromatic N) is 1. The number of nitrogens with two attached hydrogens (primary N) is 2. The van der Waals surface area contributed by atoms with E-state index in [9.17, 15) is 17.6 Å². The third-order valence-electron chi connectivity index (χ3n) is 2.55. The highest BCUT2D eigenvalue weighted by Crippen LogP contribution is 2.17. The number of hydrogen-bond acceptors (Lipinski definition) is 5. The van der Waals surface area contributed by atoms with E-state index in [0.29, 0.717) is 0 Å². The van der Waals surface area contributed by atoms with E-state index in [4.69, 9.17) is 10.9 Å². The van der Waals surface area contributed by atoms with Crippen molar-refractivity contribution in [1.29, 1.82) is 0 Å². The van der Waals surface area contributed by atoms with E-state index >= 15 is 0 Å². The van der Waals surface area contributed by atoms with Crippen LogP contribution in [0.3, 0.4) is 0 Å². The molecule has 1 heterocycles. The van der Waals surface area contributed by atoms with Crippen LogP contribution in [0, 0.1) is 5.82 Å². The molecule has 1 amide bonds. The van der Waals surface area contributed by atoms with E-state index in [-0.39, 0.29) is 22.0 Å². The van der Waals surface area contributed by atoms with Crippen LogP contribution >= 0.6 is 0 Å². The van der Waals surface area contributed by atoms with Gasteiger partial charge in [0, 0.05) is 5.69 Å². The molecule has 1 aromatic heterocycles. The van der Waals surface area contributed by atoms with Crippen molar-refractivity contribution in [2.24, 2.45) is 5.14 Å². The van der Waals surface area contributed by atoms with Gasteiger partial charge in [-0.3, -0.25) is 4.79 Å². The highest BCUT2D eigenvalue weighted by atomic mass is 32.2. The molecular formula is C12H11FN4O3S. The number of nitrogens with one attached hydrogen (secondary N) is 1. The van der Waals surface area contributed by atoms with Gasteiger partial charge in [-0.1, -0.05) is 6.07 Å². The molecule has 110 valence electrons. The molecule has 0 saturated carbocycles. The number of pyridine rings is 1. The molecule has 0 saturated heterocycles. The number of amides is 1. The van der Waals surface area contributed by atoms with Gasteiger partial charge in [-0.2, -0.15) is 0 Å².